The molecule has 8 aliphatic rings. The molecule has 2 amide bonds. The minimum atomic E-state index is -2.34. The van der Waals surface area contributed by atoms with Gasteiger partial charge in [0.15, 0.2) is 0 Å². The normalized spacial score (nSPS) is 16.0. The Hall–Kier alpha value is -15.5. The van der Waals surface area contributed by atoms with Crippen molar-refractivity contribution in [3.63, 3.8) is 0 Å². The van der Waals surface area contributed by atoms with Crippen LogP contribution in [0.5, 0.6) is 5.75 Å². The number of nitrogens with zero attached hydrogens (tertiary/aromatic N) is 15. The summed E-state index contributed by atoms with van der Waals surface area (Å²) in [4.78, 5) is 191. The van der Waals surface area contributed by atoms with Gasteiger partial charge in [-0.1, -0.05) is 145 Å². The van der Waals surface area contributed by atoms with Crippen LogP contribution >= 0.6 is 0 Å². The standard InChI is InChI=1S/C13H17NO4.C11H15N3O4.C11H13N3O4.C11H11N3O4.C10H7F5O3.C9H12N4O3.C9H12N4O2.C9H11NO4.9CH4/c1-7(2)17-13(16)18-14-6-10-8-3-4-9(5-8)11(10)12(14)15;3*1-7(2)17-11(16)18-14-10(15)8-5-3-4-6-9(8)12-13-14;1-3(2)17-10(16)18-9-7(14)5(12)4(11)6(13)8(9)15;1-6(2)15-9(14)16-13-8-7(11-12-13)4-3-5-10-8;1-6(2)9(14)15-13-8-7(11-12-13)4-3-5-10-8;1-7(2)13-9(12)14-10-6-4-3-5-8(10)11;;;;;;;;;/h3-4,7-11H,5-6H2,1-2H3;7H,3-6H2,1-2H3;3-7,12-13H,1-2H3;3-7H,1-2H3;3H,1-2H3;3-8H,1-2H3;3-6,11-12H,1-2H3;3-7H,1-2H3;9*1H4. The van der Waals surface area contributed by atoms with Gasteiger partial charge in [-0.15, -0.1) is 26.0 Å². The highest BCUT2D eigenvalue weighted by Gasteiger charge is 2.56. The van der Waals surface area contributed by atoms with E-state index in [2.05, 4.69) is 98.9 Å². The molecule has 1 saturated heterocycles. The first-order chi connectivity index (χ1) is 64.0. The number of carbonyl (C=O) groups is 10. The van der Waals surface area contributed by atoms with Crippen LogP contribution < -0.4 is 63.0 Å². The summed E-state index contributed by atoms with van der Waals surface area (Å²) < 4.78 is 102. The molecule has 3 aliphatic carbocycles. The molecule has 0 spiro atoms. The average Bonchev–Trinajstić information content (AvgIpc) is 1.58. The van der Waals surface area contributed by atoms with Crippen molar-refractivity contribution >= 4 is 95.2 Å². The fraction of sp³-hybridized carbons (Fsp3) is 0.489. The van der Waals surface area contributed by atoms with Crippen LogP contribution in [0.25, 0.3) is 10.9 Å². The molecule has 9 heterocycles. The number of rotatable bonds is 16. The second kappa shape index (κ2) is 61.9. The lowest BCUT2D eigenvalue weighted by Gasteiger charge is -2.27. The number of aromatic nitrogens is 8. The fourth-order valence-electron chi connectivity index (χ4n) is 12.1. The van der Waals surface area contributed by atoms with E-state index in [1.54, 1.807) is 182 Å². The Morgan fingerprint density at radius 1 is 0.465 bits per heavy atom. The summed E-state index contributed by atoms with van der Waals surface area (Å²) in [5.74, 6) is -12.3. The summed E-state index contributed by atoms with van der Waals surface area (Å²) in [7, 11) is 0. The van der Waals surface area contributed by atoms with Crippen LogP contribution in [-0.4, -0.2) is 184 Å². The van der Waals surface area contributed by atoms with Gasteiger partial charge in [0.1, 0.15) is 11.6 Å². The van der Waals surface area contributed by atoms with Crippen LogP contribution in [0, 0.1) is 58.7 Å². The number of anilines is 3. The third-order valence-electron chi connectivity index (χ3n) is 17.7. The Morgan fingerprint density at radius 2 is 0.944 bits per heavy atom. The molecular formula is C92H134F5N19O28. The zero-order valence-corrected chi connectivity index (χ0v) is 75.4. The first kappa shape index (κ1) is 130. The van der Waals surface area contributed by atoms with E-state index < -0.39 is 113 Å². The molecule has 6 atom stereocenters. The van der Waals surface area contributed by atoms with Crippen LogP contribution in [0.1, 0.15) is 218 Å². The van der Waals surface area contributed by atoms with Gasteiger partial charge in [0, 0.05) is 30.2 Å². The molecule has 52 heteroatoms. The number of nitrogens with one attached hydrogen (secondary N) is 4. The van der Waals surface area contributed by atoms with Crippen molar-refractivity contribution in [1.29, 1.82) is 0 Å². The summed E-state index contributed by atoms with van der Waals surface area (Å²) in [6.45, 7) is 27.2. The molecule has 800 valence electrons. The van der Waals surface area contributed by atoms with Crippen LogP contribution in [-0.2, 0) is 74.9 Å². The molecule has 7 aromatic rings. The Bertz CT molecular complexity index is 5660. The number of aryl methyl sites for hydroxylation is 1. The molecule has 5 aliphatic heterocycles. The van der Waals surface area contributed by atoms with Gasteiger partial charge in [0.05, 0.1) is 89.1 Å². The Morgan fingerprint density at radius 3 is 1.51 bits per heavy atom. The maximum Gasteiger partial charge on any atom is 0.535 e. The molecule has 6 unspecified atom stereocenters. The minimum absolute atomic E-state index is 0. The number of carbonyl (C=O) groups excluding carboxylic acids is 10. The number of benzene rings is 3. The number of hydroxylamine groups is 4. The number of para-hydroxylation sites is 1. The third kappa shape index (κ3) is 38.1. The second-order valence-corrected chi connectivity index (χ2v) is 31.0. The van der Waals surface area contributed by atoms with Crippen LogP contribution in [0.4, 0.5) is 72.7 Å². The number of hydrogen-bond donors (Lipinski definition) is 4. The molecule has 4 aromatic heterocycles. The number of hydrazine groups is 4. The third-order valence-corrected chi connectivity index (χ3v) is 17.7. The van der Waals surface area contributed by atoms with Crippen molar-refractivity contribution in [2.24, 2.45) is 44.9 Å². The summed E-state index contributed by atoms with van der Waals surface area (Å²) in [5.41, 5.74) is 12.7. The number of aliphatic imine (C=N–C) groups is 1. The van der Waals surface area contributed by atoms with E-state index in [0.29, 0.717) is 84.8 Å². The Labute approximate surface area is 830 Å². The van der Waals surface area contributed by atoms with E-state index in [-0.39, 0.29) is 133 Å². The highest BCUT2D eigenvalue weighted by atomic mass is 19.2. The fourth-order valence-corrected chi connectivity index (χ4v) is 12.1. The van der Waals surface area contributed by atoms with Gasteiger partial charge in [-0.3, -0.25) is 58.6 Å². The molecule has 144 heavy (non-hydrogen) atoms. The number of hydrogen-bond acceptors (Lipinski definition) is 42. The number of pyridine rings is 2. The molecule has 15 rings (SSSR count). The van der Waals surface area contributed by atoms with Crippen molar-refractivity contribution in [3.8, 4) is 5.75 Å². The summed E-state index contributed by atoms with van der Waals surface area (Å²) in [6.07, 6.45) is 7.07. The number of halogens is 5. The number of ether oxygens (including phenoxy) is 8. The second-order valence-electron chi connectivity index (χ2n) is 31.0. The average molecular weight is 2050 g/mol. The molecule has 0 radical (unpaired) electrons. The summed E-state index contributed by atoms with van der Waals surface area (Å²) in [6, 6.07) is 21.3. The monoisotopic (exact) mass is 2050 g/mol. The number of amides is 2. The van der Waals surface area contributed by atoms with E-state index >= 15 is 0 Å². The first-order valence-corrected chi connectivity index (χ1v) is 41.5. The largest absolute Gasteiger partial charge is 0.535 e. The van der Waals surface area contributed by atoms with E-state index in [0.717, 1.165) is 41.3 Å². The molecule has 1 saturated carbocycles. The summed E-state index contributed by atoms with van der Waals surface area (Å²) >= 11 is 0. The van der Waals surface area contributed by atoms with Gasteiger partial charge in [0.2, 0.25) is 46.8 Å². The molecule has 2 bridgehead atoms. The van der Waals surface area contributed by atoms with Gasteiger partial charge in [-0.25, -0.2) is 56.5 Å². The molecule has 47 nitrogen and oxygen atoms in total. The van der Waals surface area contributed by atoms with Crippen LogP contribution in [0.2, 0.25) is 0 Å². The lowest BCUT2D eigenvalue weighted by atomic mass is 9.86. The maximum absolute atomic E-state index is 13.0. The minimum Gasteiger partial charge on any atom is -0.431 e. The van der Waals surface area contributed by atoms with Crippen molar-refractivity contribution in [1.82, 2.24) is 66.5 Å². The lowest BCUT2D eigenvalue weighted by molar-refractivity contribution is -0.169. The van der Waals surface area contributed by atoms with E-state index in [1.165, 1.54) is 36.3 Å². The SMILES string of the molecule is C.C.C.C.C.C.C.C.C.CC(C)C(=O)ON1NNc2cccnc21.CC(C)OC(=O)ON1CC2C3C=CC(C3)C2C1=O.CC(C)OC(=O)ON1N=NC2C=CC=NC21.CC(C)OC(=O)ON1NNc2ccccc2C1=O.CC(C)OC(=O)Oc1c(F)c(F)c(F)c(F)c1F.CC(C)OC(=O)On1ccccc1=O.CC(C)OC(=O)On1nnc2c(c1=O)CCCC2.CC(C)OC(=O)On1nnc2ccccc2c1=O. The first-order valence-electron chi connectivity index (χ1n) is 41.5. The quantitative estimate of drug-likeness (QED) is 0.0102. The number of dihydropyridines is 1. The van der Waals surface area contributed by atoms with Gasteiger partial charge in [0.25, 0.3) is 11.5 Å². The van der Waals surface area contributed by atoms with Crippen LogP contribution in [0.3, 0.4) is 0 Å². The molecular weight excluding hydrogens is 1910 g/mol. The topological polar surface area (TPSA) is 538 Å². The summed E-state index contributed by atoms with van der Waals surface area (Å²) in [5, 5.41) is 26.7. The lowest BCUT2D eigenvalue weighted by Crippen LogP contribution is -2.50. The molecule has 2 fully saturated rings. The van der Waals surface area contributed by atoms with Crippen LogP contribution in [0.15, 0.2) is 145 Å². The van der Waals surface area contributed by atoms with Gasteiger partial charge in [-0.05, 0) is 221 Å². The highest BCUT2D eigenvalue weighted by Crippen LogP contribution is 2.52. The Balaban J connectivity index is 0. The van der Waals surface area contributed by atoms with E-state index in [1.807, 2.05) is 12.1 Å². The van der Waals surface area contributed by atoms with Gasteiger partial charge in [-0.2, -0.15) is 19.0 Å². The smallest absolute Gasteiger partial charge is 0.431 e. The van der Waals surface area contributed by atoms with E-state index in [9.17, 15) is 84.3 Å². The zero-order valence-electron chi connectivity index (χ0n) is 75.4. The van der Waals surface area contributed by atoms with E-state index in [4.69, 9.17) is 47.9 Å². The predicted molar refractivity (Wildman–Crippen MR) is 514 cm³/mol. The van der Waals surface area contributed by atoms with Gasteiger partial charge < -0.3 is 53.0 Å². The van der Waals surface area contributed by atoms with Crippen molar-refractivity contribution in [2.75, 3.05) is 22.6 Å². The number of fused-ring (bicyclic) bond motifs is 10. The zero-order chi connectivity index (χ0) is 99.2. The predicted octanol–water partition coefficient (Wildman–Crippen LogP) is 16.6. The molecule has 4 N–H and O–H groups in total. The van der Waals surface area contributed by atoms with Crippen molar-refractivity contribution < 1.29 is 142 Å². The number of allylic oxidation sites excluding steroid dienone is 3. The van der Waals surface area contributed by atoms with Gasteiger partial charge >= 0.3 is 66.1 Å². The molecule has 3 aromatic carbocycles. The van der Waals surface area contributed by atoms with Crippen molar-refractivity contribution in [2.45, 2.75) is 265 Å². The highest BCUT2D eigenvalue weighted by molar-refractivity contribution is 6.00. The van der Waals surface area contributed by atoms with Crippen molar-refractivity contribution in [3.05, 3.63) is 193 Å². The Kier molecular flexibility index (Phi) is 56.1. The maximum atomic E-state index is 13.0.